The van der Waals surface area contributed by atoms with Gasteiger partial charge in [0.1, 0.15) is 23.0 Å². The van der Waals surface area contributed by atoms with E-state index in [2.05, 4.69) is 15.0 Å². The minimum Gasteiger partial charge on any atom is -0.471 e. The van der Waals surface area contributed by atoms with Crippen molar-refractivity contribution in [1.82, 2.24) is 14.6 Å². The Hall–Kier alpha value is -2.80. The van der Waals surface area contributed by atoms with Gasteiger partial charge >= 0.3 is 6.03 Å². The number of aliphatic hydroxyl groups excluding tert-OH is 2. The number of hydrogen-bond donors (Lipinski definition) is 5. The first-order valence-electron chi connectivity index (χ1n) is 10.4. The Labute approximate surface area is 195 Å². The summed E-state index contributed by atoms with van der Waals surface area (Å²) in [6, 6.07) is 2.66. The molecule has 0 spiro atoms. The van der Waals surface area contributed by atoms with Crippen LogP contribution in [0.1, 0.15) is 33.5 Å². The third-order valence-corrected chi connectivity index (χ3v) is 5.57. The van der Waals surface area contributed by atoms with Gasteiger partial charge in [-0.3, -0.25) is 15.0 Å². The maximum Gasteiger partial charge on any atom is 0.319 e. The Kier molecular flexibility index (Phi) is 10.5. The van der Waals surface area contributed by atoms with E-state index in [0.29, 0.717) is 43.7 Å². The summed E-state index contributed by atoms with van der Waals surface area (Å²) in [4.78, 5) is 26.0. The molecule has 0 fully saturated rings. The van der Waals surface area contributed by atoms with Gasteiger partial charge in [-0.2, -0.15) is 4.37 Å². The van der Waals surface area contributed by atoms with Crippen LogP contribution < -0.4 is 21.1 Å². The fourth-order valence-corrected chi connectivity index (χ4v) is 3.95. The number of hydrogen-bond acceptors (Lipinski definition) is 8. The molecule has 0 unspecified atom stereocenters. The number of anilines is 1. The number of halogens is 1. The molecule has 0 saturated heterocycles. The molecule has 0 radical (unpaired) electrons. The van der Waals surface area contributed by atoms with Crippen LogP contribution in [0, 0.1) is 19.7 Å². The number of urea groups is 1. The molecule has 182 valence electrons. The van der Waals surface area contributed by atoms with E-state index in [1.54, 1.807) is 13.8 Å². The number of rotatable bonds is 13. The highest BCUT2D eigenvalue weighted by atomic mass is 32.1. The molecule has 1 aromatic carbocycles. The third kappa shape index (κ3) is 7.93. The Balaban J connectivity index is 1.94. The van der Waals surface area contributed by atoms with E-state index in [1.165, 1.54) is 6.07 Å². The number of aryl methyl sites for hydroxylation is 2. The van der Waals surface area contributed by atoms with Gasteiger partial charge in [0.05, 0.1) is 13.2 Å². The predicted molar refractivity (Wildman–Crippen MR) is 123 cm³/mol. The molecular formula is C21H30FN5O5S. The first-order valence-corrected chi connectivity index (χ1v) is 11.2. The van der Waals surface area contributed by atoms with Crippen LogP contribution in [-0.2, 0) is 6.61 Å². The number of ether oxygens (including phenoxy) is 1. The second kappa shape index (κ2) is 13.0. The lowest BCUT2D eigenvalue weighted by Crippen LogP contribution is -2.35. The van der Waals surface area contributed by atoms with Crippen molar-refractivity contribution in [3.63, 3.8) is 0 Å². The number of carbonyl (C=O) groups excluding carboxylic acids is 2. The topological polar surface area (TPSA) is 150 Å². The summed E-state index contributed by atoms with van der Waals surface area (Å²) in [5.41, 5.74) is 7.20. The zero-order chi connectivity index (χ0) is 24.4. The van der Waals surface area contributed by atoms with Gasteiger partial charge in [0, 0.05) is 25.2 Å². The molecular weight excluding hydrogens is 453 g/mol. The lowest BCUT2D eigenvalue weighted by molar-refractivity contribution is 0.0996. The third-order valence-electron chi connectivity index (χ3n) is 4.82. The van der Waals surface area contributed by atoms with Crippen LogP contribution in [0.3, 0.4) is 0 Å². The normalized spacial score (nSPS) is 11.0. The van der Waals surface area contributed by atoms with Crippen molar-refractivity contribution in [1.29, 1.82) is 0 Å². The Morgan fingerprint density at radius 1 is 1.21 bits per heavy atom. The summed E-state index contributed by atoms with van der Waals surface area (Å²) >= 11 is 0.831. The fourth-order valence-electron chi connectivity index (χ4n) is 3.22. The number of benzene rings is 1. The monoisotopic (exact) mass is 483 g/mol. The molecule has 6 N–H and O–H groups in total. The van der Waals surface area contributed by atoms with Crippen molar-refractivity contribution in [2.24, 2.45) is 5.73 Å². The minimum atomic E-state index is -0.834. The standard InChI is InChI=1S/C21H30FN5O5S/c1-13-10-14(2)15(16(22)11-13)12-32-19-17(18(23)30)20(33-26-19)25-21(31)24-4-3-5-27(6-8-28)7-9-29/h10-11,28-29H,3-9,12H2,1-2H3,(H2,23,30)(H2,24,25,31). The van der Waals surface area contributed by atoms with Gasteiger partial charge in [0.2, 0.25) is 5.88 Å². The summed E-state index contributed by atoms with van der Waals surface area (Å²) in [5, 5.41) is 23.3. The van der Waals surface area contributed by atoms with Crippen LogP contribution in [0.25, 0.3) is 0 Å². The van der Waals surface area contributed by atoms with Crippen LogP contribution in [0.5, 0.6) is 5.88 Å². The van der Waals surface area contributed by atoms with Gasteiger partial charge in [-0.1, -0.05) is 6.07 Å². The quantitative estimate of drug-likeness (QED) is 0.270. The molecule has 12 heteroatoms. The summed E-state index contributed by atoms with van der Waals surface area (Å²) < 4.78 is 23.9. The highest BCUT2D eigenvalue weighted by molar-refractivity contribution is 7.11. The minimum absolute atomic E-state index is 0.0181. The van der Waals surface area contributed by atoms with E-state index in [9.17, 15) is 14.0 Å². The number of aliphatic hydroxyl groups is 2. The molecule has 1 heterocycles. The van der Waals surface area contributed by atoms with Gasteiger partial charge in [-0.25, -0.2) is 9.18 Å². The van der Waals surface area contributed by atoms with E-state index in [0.717, 1.165) is 17.1 Å². The smallest absolute Gasteiger partial charge is 0.319 e. The van der Waals surface area contributed by atoms with E-state index in [1.807, 2.05) is 11.0 Å². The SMILES string of the molecule is Cc1cc(C)c(COc2nsc(NC(=O)NCCCN(CCO)CCO)c2C(N)=O)c(F)c1. The van der Waals surface area contributed by atoms with Crippen molar-refractivity contribution in [3.8, 4) is 5.88 Å². The lowest BCUT2D eigenvalue weighted by atomic mass is 10.1. The molecule has 33 heavy (non-hydrogen) atoms. The number of nitrogens with zero attached hydrogens (tertiary/aromatic N) is 2. The molecule has 2 aromatic rings. The van der Waals surface area contributed by atoms with Crippen molar-refractivity contribution in [3.05, 3.63) is 40.2 Å². The van der Waals surface area contributed by atoms with Crippen molar-refractivity contribution >= 4 is 28.5 Å². The predicted octanol–water partition coefficient (Wildman–Crippen LogP) is 1.38. The van der Waals surface area contributed by atoms with Crippen molar-refractivity contribution in [2.45, 2.75) is 26.9 Å². The second-order valence-corrected chi connectivity index (χ2v) is 8.18. The number of aromatic nitrogens is 1. The van der Waals surface area contributed by atoms with Crippen molar-refractivity contribution in [2.75, 3.05) is 44.7 Å². The number of amides is 3. The molecule has 0 bridgehead atoms. The van der Waals surface area contributed by atoms with Gasteiger partial charge < -0.3 is 26.0 Å². The van der Waals surface area contributed by atoms with E-state index in [4.69, 9.17) is 20.7 Å². The molecule has 2 rings (SSSR count). The van der Waals surface area contributed by atoms with E-state index < -0.39 is 17.8 Å². The largest absolute Gasteiger partial charge is 0.471 e. The summed E-state index contributed by atoms with van der Waals surface area (Å²) in [7, 11) is 0. The van der Waals surface area contributed by atoms with E-state index in [-0.39, 0.29) is 36.3 Å². The average Bonchev–Trinajstić information content (AvgIpc) is 3.13. The molecule has 1 aromatic heterocycles. The van der Waals surface area contributed by atoms with Gasteiger partial charge in [0.15, 0.2) is 0 Å². The maximum absolute atomic E-state index is 14.3. The second-order valence-electron chi connectivity index (χ2n) is 7.41. The summed E-state index contributed by atoms with van der Waals surface area (Å²) in [6.45, 7) is 5.15. The molecule has 0 aliphatic heterocycles. The molecule has 0 atom stereocenters. The Morgan fingerprint density at radius 3 is 2.52 bits per heavy atom. The summed E-state index contributed by atoms with van der Waals surface area (Å²) in [5.74, 6) is -1.33. The maximum atomic E-state index is 14.3. The number of carbonyl (C=O) groups is 2. The molecule has 10 nitrogen and oxygen atoms in total. The first-order chi connectivity index (χ1) is 15.8. The Morgan fingerprint density at radius 2 is 1.91 bits per heavy atom. The summed E-state index contributed by atoms with van der Waals surface area (Å²) in [6.07, 6.45) is 0.592. The fraction of sp³-hybridized carbons (Fsp3) is 0.476. The zero-order valence-electron chi connectivity index (χ0n) is 18.7. The molecule has 0 aliphatic rings. The van der Waals surface area contributed by atoms with Crippen LogP contribution in [-0.4, -0.2) is 70.8 Å². The van der Waals surface area contributed by atoms with Crippen LogP contribution in [0.2, 0.25) is 0 Å². The van der Waals surface area contributed by atoms with Crippen LogP contribution >= 0.6 is 11.5 Å². The van der Waals surface area contributed by atoms with Crippen molar-refractivity contribution < 1.29 is 28.9 Å². The average molecular weight is 484 g/mol. The molecule has 0 aliphatic carbocycles. The van der Waals surface area contributed by atoms with Crippen LogP contribution in [0.4, 0.5) is 14.2 Å². The molecule has 0 saturated carbocycles. The van der Waals surface area contributed by atoms with Crippen LogP contribution in [0.15, 0.2) is 12.1 Å². The van der Waals surface area contributed by atoms with Gasteiger partial charge in [0.25, 0.3) is 5.91 Å². The highest BCUT2D eigenvalue weighted by Gasteiger charge is 2.22. The Bertz CT molecular complexity index is 926. The first kappa shape index (κ1) is 26.5. The van der Waals surface area contributed by atoms with Gasteiger partial charge in [-0.05, 0) is 55.5 Å². The van der Waals surface area contributed by atoms with Gasteiger partial charge in [-0.15, -0.1) is 0 Å². The lowest BCUT2D eigenvalue weighted by Gasteiger charge is -2.19. The number of primary amides is 1. The molecule has 3 amide bonds. The highest BCUT2D eigenvalue weighted by Crippen LogP contribution is 2.31. The van der Waals surface area contributed by atoms with E-state index >= 15 is 0 Å². The number of nitrogens with one attached hydrogen (secondary N) is 2. The number of nitrogens with two attached hydrogens (primary N) is 1. The zero-order valence-corrected chi connectivity index (χ0v) is 19.5.